The Bertz CT molecular complexity index is 584. The third-order valence-electron chi connectivity index (χ3n) is 2.68. The third-order valence-corrected chi connectivity index (χ3v) is 2.68. The van der Waals surface area contributed by atoms with Crippen LogP contribution in [-0.4, -0.2) is 4.98 Å². The molecular weight excluding hydrogens is 241 g/mol. The van der Waals surface area contributed by atoms with E-state index < -0.39 is 23.5 Å². The number of aromatic nitrogens is 1. The minimum atomic E-state index is -1.51. The van der Waals surface area contributed by atoms with Gasteiger partial charge in [0.15, 0.2) is 17.5 Å². The summed E-state index contributed by atoms with van der Waals surface area (Å²) < 4.78 is 39.5. The number of nitrogens with two attached hydrogens (primary N) is 1. The molecule has 1 unspecified atom stereocenters. The van der Waals surface area contributed by atoms with Crippen LogP contribution in [0.1, 0.15) is 22.9 Å². The van der Waals surface area contributed by atoms with Crippen LogP contribution in [0.4, 0.5) is 13.2 Å². The van der Waals surface area contributed by atoms with Crippen molar-refractivity contribution < 1.29 is 13.2 Å². The van der Waals surface area contributed by atoms with Crippen molar-refractivity contribution in [2.45, 2.75) is 13.0 Å². The molecule has 0 aliphatic rings. The molecule has 2 N–H and O–H groups in total. The summed E-state index contributed by atoms with van der Waals surface area (Å²) in [6.45, 7) is 1.76. The largest absolute Gasteiger partial charge is 0.320 e. The summed E-state index contributed by atoms with van der Waals surface area (Å²) in [5, 5.41) is 0. The van der Waals surface area contributed by atoms with Gasteiger partial charge < -0.3 is 5.73 Å². The van der Waals surface area contributed by atoms with Crippen molar-refractivity contribution in [1.82, 2.24) is 4.98 Å². The van der Waals surface area contributed by atoms with Crippen molar-refractivity contribution >= 4 is 0 Å². The average molecular weight is 252 g/mol. The van der Waals surface area contributed by atoms with Gasteiger partial charge in [-0.1, -0.05) is 6.07 Å². The molecule has 1 atom stereocenters. The molecule has 0 bridgehead atoms. The van der Waals surface area contributed by atoms with Crippen molar-refractivity contribution in [3.05, 3.63) is 64.7 Å². The number of hydrogen-bond donors (Lipinski definition) is 1. The van der Waals surface area contributed by atoms with Crippen LogP contribution in [0, 0.1) is 24.4 Å². The van der Waals surface area contributed by atoms with Crippen LogP contribution < -0.4 is 5.73 Å². The van der Waals surface area contributed by atoms with E-state index in [1.807, 2.05) is 0 Å². The van der Waals surface area contributed by atoms with Gasteiger partial charge in [-0.05, 0) is 30.7 Å². The maximum Gasteiger partial charge on any atom is 0.194 e. The van der Waals surface area contributed by atoms with Gasteiger partial charge in [-0.25, -0.2) is 13.2 Å². The van der Waals surface area contributed by atoms with E-state index in [0.29, 0.717) is 11.3 Å². The molecule has 0 aliphatic heterocycles. The Hall–Kier alpha value is -1.88. The van der Waals surface area contributed by atoms with Crippen molar-refractivity contribution in [3.8, 4) is 0 Å². The minimum absolute atomic E-state index is 0.0838. The zero-order valence-corrected chi connectivity index (χ0v) is 9.62. The summed E-state index contributed by atoms with van der Waals surface area (Å²) in [5.74, 6) is -3.99. The van der Waals surface area contributed by atoms with E-state index in [-0.39, 0.29) is 5.56 Å². The maximum atomic E-state index is 13.6. The molecule has 0 saturated carbocycles. The van der Waals surface area contributed by atoms with Crippen LogP contribution in [0.2, 0.25) is 0 Å². The smallest absolute Gasteiger partial charge is 0.194 e. The SMILES string of the molecule is Cc1cc(C(N)c2ccc(F)c(F)c2F)ccn1. The Morgan fingerprint density at radius 3 is 2.50 bits per heavy atom. The van der Waals surface area contributed by atoms with Crippen LogP contribution in [-0.2, 0) is 0 Å². The molecule has 2 nitrogen and oxygen atoms in total. The van der Waals surface area contributed by atoms with Gasteiger partial charge in [-0.2, -0.15) is 0 Å². The highest BCUT2D eigenvalue weighted by atomic mass is 19.2. The third kappa shape index (κ3) is 2.22. The van der Waals surface area contributed by atoms with E-state index in [0.717, 1.165) is 12.1 Å². The predicted molar refractivity (Wildman–Crippen MR) is 61.3 cm³/mol. The van der Waals surface area contributed by atoms with Gasteiger partial charge in [0.25, 0.3) is 0 Å². The van der Waals surface area contributed by atoms with E-state index in [4.69, 9.17) is 5.73 Å². The lowest BCUT2D eigenvalue weighted by Crippen LogP contribution is -2.15. The van der Waals surface area contributed by atoms with Gasteiger partial charge in [0.2, 0.25) is 0 Å². The number of halogens is 3. The van der Waals surface area contributed by atoms with E-state index in [2.05, 4.69) is 4.98 Å². The van der Waals surface area contributed by atoms with Gasteiger partial charge in [-0.15, -0.1) is 0 Å². The Kier molecular flexibility index (Phi) is 3.34. The van der Waals surface area contributed by atoms with E-state index >= 15 is 0 Å². The normalized spacial score (nSPS) is 12.5. The molecule has 2 aromatic rings. The lowest BCUT2D eigenvalue weighted by molar-refractivity contribution is 0.438. The summed E-state index contributed by atoms with van der Waals surface area (Å²) in [4.78, 5) is 3.99. The van der Waals surface area contributed by atoms with Crippen molar-refractivity contribution in [3.63, 3.8) is 0 Å². The summed E-state index contributed by atoms with van der Waals surface area (Å²) in [6.07, 6.45) is 1.53. The predicted octanol–water partition coefficient (Wildman–Crippen LogP) is 2.86. The first-order valence-corrected chi connectivity index (χ1v) is 5.32. The molecule has 0 fully saturated rings. The minimum Gasteiger partial charge on any atom is -0.320 e. The Balaban J connectivity index is 2.46. The quantitative estimate of drug-likeness (QED) is 0.835. The van der Waals surface area contributed by atoms with Gasteiger partial charge in [0.05, 0.1) is 6.04 Å². The summed E-state index contributed by atoms with van der Waals surface area (Å²) in [7, 11) is 0. The van der Waals surface area contributed by atoms with Crippen LogP contribution >= 0.6 is 0 Å². The molecule has 1 aromatic heterocycles. The molecule has 1 heterocycles. The zero-order valence-electron chi connectivity index (χ0n) is 9.62. The van der Waals surface area contributed by atoms with Crippen molar-refractivity contribution in [1.29, 1.82) is 0 Å². The second-order valence-corrected chi connectivity index (χ2v) is 3.97. The number of nitrogens with zero attached hydrogens (tertiary/aromatic N) is 1. The standard InChI is InChI=1S/C13H11F3N2/c1-7-6-8(4-5-18-7)13(17)9-2-3-10(14)12(16)11(9)15/h2-6,13H,17H2,1H3. The molecule has 2 rings (SSSR count). The second-order valence-electron chi connectivity index (χ2n) is 3.97. The first-order chi connectivity index (χ1) is 8.50. The summed E-state index contributed by atoms with van der Waals surface area (Å²) in [6, 6.07) is 4.43. The van der Waals surface area contributed by atoms with Gasteiger partial charge in [0.1, 0.15) is 0 Å². The van der Waals surface area contributed by atoms with Gasteiger partial charge >= 0.3 is 0 Å². The molecule has 0 amide bonds. The first kappa shape index (κ1) is 12.6. The summed E-state index contributed by atoms with van der Waals surface area (Å²) >= 11 is 0. The van der Waals surface area contributed by atoms with Crippen LogP contribution in [0.3, 0.4) is 0 Å². The second kappa shape index (κ2) is 4.78. The fourth-order valence-corrected chi connectivity index (χ4v) is 1.72. The number of benzene rings is 1. The van der Waals surface area contributed by atoms with Crippen LogP contribution in [0.15, 0.2) is 30.5 Å². The molecule has 0 aliphatic carbocycles. The lowest BCUT2D eigenvalue weighted by Gasteiger charge is -2.14. The highest BCUT2D eigenvalue weighted by molar-refractivity contribution is 5.33. The van der Waals surface area contributed by atoms with Gasteiger partial charge in [-0.3, -0.25) is 4.98 Å². The Morgan fingerprint density at radius 1 is 1.11 bits per heavy atom. The molecule has 0 saturated heterocycles. The Labute approximate surface area is 102 Å². The topological polar surface area (TPSA) is 38.9 Å². The number of aryl methyl sites for hydroxylation is 1. The number of hydrogen-bond acceptors (Lipinski definition) is 2. The first-order valence-electron chi connectivity index (χ1n) is 5.32. The highest BCUT2D eigenvalue weighted by Crippen LogP contribution is 2.24. The summed E-state index contributed by atoms with van der Waals surface area (Å²) in [5.41, 5.74) is 7.07. The molecule has 1 aromatic carbocycles. The van der Waals surface area contributed by atoms with Crippen LogP contribution in [0.5, 0.6) is 0 Å². The molecule has 18 heavy (non-hydrogen) atoms. The Morgan fingerprint density at radius 2 is 1.83 bits per heavy atom. The molecule has 5 heteroatoms. The highest BCUT2D eigenvalue weighted by Gasteiger charge is 2.19. The van der Waals surface area contributed by atoms with E-state index in [1.165, 1.54) is 6.20 Å². The van der Waals surface area contributed by atoms with Gasteiger partial charge in [0, 0.05) is 17.5 Å². The number of pyridine rings is 1. The van der Waals surface area contributed by atoms with Crippen molar-refractivity contribution in [2.75, 3.05) is 0 Å². The van der Waals surface area contributed by atoms with E-state index in [1.54, 1.807) is 19.1 Å². The maximum absolute atomic E-state index is 13.6. The molecular formula is C13H11F3N2. The molecule has 94 valence electrons. The molecule has 0 spiro atoms. The fraction of sp³-hybridized carbons (Fsp3) is 0.154. The lowest BCUT2D eigenvalue weighted by atomic mass is 9.99. The zero-order chi connectivity index (χ0) is 13.3. The monoisotopic (exact) mass is 252 g/mol. The van der Waals surface area contributed by atoms with E-state index in [9.17, 15) is 13.2 Å². The molecule has 0 radical (unpaired) electrons. The fourth-order valence-electron chi connectivity index (χ4n) is 1.72. The van der Waals surface area contributed by atoms with Crippen molar-refractivity contribution in [2.24, 2.45) is 5.73 Å². The number of rotatable bonds is 2. The van der Waals surface area contributed by atoms with Crippen LogP contribution in [0.25, 0.3) is 0 Å². The average Bonchev–Trinajstić information content (AvgIpc) is 2.35.